The summed E-state index contributed by atoms with van der Waals surface area (Å²) in [7, 11) is 0. The first-order valence-electron chi connectivity index (χ1n) is 6.37. The van der Waals surface area contributed by atoms with Gasteiger partial charge in [0.25, 0.3) is 0 Å². The van der Waals surface area contributed by atoms with Gasteiger partial charge in [0.05, 0.1) is 0 Å². The minimum atomic E-state index is 0.442. The second kappa shape index (κ2) is 6.15. The van der Waals surface area contributed by atoms with E-state index < -0.39 is 0 Å². The molecule has 1 aliphatic carbocycles. The molecule has 0 aromatic rings. The molecular weight excluding hydrogens is 202 g/mol. The maximum Gasteiger partial charge on any atom is 0.0156 e. The van der Waals surface area contributed by atoms with Crippen molar-refractivity contribution in [3.05, 3.63) is 0 Å². The SMILES string of the molecule is CC(C)CSCC(C)NC1(C)CCCC1. The fourth-order valence-electron chi connectivity index (χ4n) is 2.42. The van der Waals surface area contributed by atoms with Gasteiger partial charge in [-0.25, -0.2) is 0 Å². The smallest absolute Gasteiger partial charge is 0.0156 e. The Kier molecular flexibility index (Phi) is 5.48. The first-order chi connectivity index (χ1) is 7.02. The van der Waals surface area contributed by atoms with Gasteiger partial charge in [-0.15, -0.1) is 0 Å². The van der Waals surface area contributed by atoms with Crippen molar-refractivity contribution in [3.8, 4) is 0 Å². The summed E-state index contributed by atoms with van der Waals surface area (Å²) in [6.07, 6.45) is 5.56. The monoisotopic (exact) mass is 229 g/mol. The Morgan fingerprint density at radius 2 is 1.73 bits per heavy atom. The lowest BCUT2D eigenvalue weighted by Crippen LogP contribution is -2.46. The van der Waals surface area contributed by atoms with Gasteiger partial charge in [-0.1, -0.05) is 26.7 Å². The van der Waals surface area contributed by atoms with E-state index in [1.54, 1.807) is 0 Å². The van der Waals surface area contributed by atoms with Gasteiger partial charge in [0, 0.05) is 17.3 Å². The van der Waals surface area contributed by atoms with Crippen LogP contribution in [0.15, 0.2) is 0 Å². The van der Waals surface area contributed by atoms with Crippen LogP contribution >= 0.6 is 11.8 Å². The topological polar surface area (TPSA) is 12.0 Å². The van der Waals surface area contributed by atoms with Crippen LogP contribution < -0.4 is 5.32 Å². The Morgan fingerprint density at radius 1 is 1.13 bits per heavy atom. The lowest BCUT2D eigenvalue weighted by molar-refractivity contribution is 0.336. The fourth-order valence-corrected chi connectivity index (χ4v) is 3.46. The molecule has 0 aromatic carbocycles. The molecule has 1 rings (SSSR count). The third kappa shape index (κ3) is 5.26. The molecule has 0 radical (unpaired) electrons. The summed E-state index contributed by atoms with van der Waals surface area (Å²) in [5.74, 6) is 3.38. The zero-order valence-corrected chi connectivity index (χ0v) is 11.6. The summed E-state index contributed by atoms with van der Waals surface area (Å²) in [4.78, 5) is 0. The normalized spacial score (nSPS) is 22.2. The number of thioether (sulfide) groups is 1. The van der Waals surface area contributed by atoms with E-state index in [9.17, 15) is 0 Å². The summed E-state index contributed by atoms with van der Waals surface area (Å²) >= 11 is 2.09. The third-order valence-corrected chi connectivity index (χ3v) is 4.76. The molecule has 0 aromatic heterocycles. The second-order valence-corrected chi connectivity index (χ2v) is 6.82. The zero-order valence-electron chi connectivity index (χ0n) is 10.8. The summed E-state index contributed by atoms with van der Waals surface area (Å²) in [5.41, 5.74) is 0.442. The highest BCUT2D eigenvalue weighted by molar-refractivity contribution is 7.99. The molecule has 0 bridgehead atoms. The van der Waals surface area contributed by atoms with Crippen molar-refractivity contribution in [3.63, 3.8) is 0 Å². The highest BCUT2D eigenvalue weighted by atomic mass is 32.2. The lowest BCUT2D eigenvalue weighted by Gasteiger charge is -2.29. The van der Waals surface area contributed by atoms with Gasteiger partial charge in [0.2, 0.25) is 0 Å². The van der Waals surface area contributed by atoms with Crippen molar-refractivity contribution >= 4 is 11.8 Å². The minimum Gasteiger partial charge on any atom is -0.308 e. The van der Waals surface area contributed by atoms with Crippen molar-refractivity contribution in [2.75, 3.05) is 11.5 Å². The molecule has 0 saturated heterocycles. The van der Waals surface area contributed by atoms with Crippen LogP contribution in [0.1, 0.15) is 53.4 Å². The first kappa shape index (κ1) is 13.4. The van der Waals surface area contributed by atoms with Gasteiger partial charge >= 0.3 is 0 Å². The third-order valence-electron chi connectivity index (χ3n) is 3.12. The van der Waals surface area contributed by atoms with Gasteiger partial charge in [-0.05, 0) is 38.4 Å². The molecule has 0 spiro atoms. The zero-order chi connectivity index (χ0) is 11.3. The molecular formula is C13H27NS. The Labute approximate surface area is 99.8 Å². The number of rotatable bonds is 6. The minimum absolute atomic E-state index is 0.442. The summed E-state index contributed by atoms with van der Waals surface area (Å²) in [6, 6.07) is 0.664. The van der Waals surface area contributed by atoms with Crippen molar-refractivity contribution < 1.29 is 0 Å². The summed E-state index contributed by atoms with van der Waals surface area (Å²) in [5, 5.41) is 3.81. The Morgan fingerprint density at radius 3 is 2.27 bits per heavy atom. The average Bonchev–Trinajstić information content (AvgIpc) is 2.50. The number of nitrogens with one attached hydrogen (secondary N) is 1. The van der Waals surface area contributed by atoms with Crippen LogP contribution in [0.4, 0.5) is 0 Å². The van der Waals surface area contributed by atoms with Crippen molar-refractivity contribution in [1.82, 2.24) is 5.32 Å². The maximum absolute atomic E-state index is 3.81. The van der Waals surface area contributed by atoms with Crippen LogP contribution in [0, 0.1) is 5.92 Å². The van der Waals surface area contributed by atoms with E-state index in [1.165, 1.54) is 37.2 Å². The molecule has 1 nitrogen and oxygen atoms in total. The summed E-state index contributed by atoms with van der Waals surface area (Å²) < 4.78 is 0. The van der Waals surface area contributed by atoms with Gasteiger partial charge in [-0.3, -0.25) is 0 Å². The van der Waals surface area contributed by atoms with Crippen molar-refractivity contribution in [1.29, 1.82) is 0 Å². The second-order valence-electron chi connectivity index (χ2n) is 5.74. The Bertz CT molecular complexity index is 173. The average molecular weight is 229 g/mol. The van der Waals surface area contributed by atoms with Crippen LogP contribution in [-0.4, -0.2) is 23.1 Å². The fraction of sp³-hybridized carbons (Fsp3) is 1.00. The number of hydrogen-bond acceptors (Lipinski definition) is 2. The van der Waals surface area contributed by atoms with Gasteiger partial charge < -0.3 is 5.32 Å². The van der Waals surface area contributed by atoms with Crippen LogP contribution in [0.5, 0.6) is 0 Å². The van der Waals surface area contributed by atoms with E-state index in [0.717, 1.165) is 5.92 Å². The predicted octanol–water partition coefficient (Wildman–Crippen LogP) is 3.69. The molecule has 0 aliphatic heterocycles. The van der Waals surface area contributed by atoms with Crippen LogP contribution in [-0.2, 0) is 0 Å². The predicted molar refractivity (Wildman–Crippen MR) is 71.6 cm³/mol. The van der Waals surface area contributed by atoms with E-state index in [4.69, 9.17) is 0 Å². The molecule has 2 heteroatoms. The molecule has 0 heterocycles. The quantitative estimate of drug-likeness (QED) is 0.745. The molecule has 15 heavy (non-hydrogen) atoms. The van der Waals surface area contributed by atoms with Gasteiger partial charge in [0.1, 0.15) is 0 Å². The molecule has 1 fully saturated rings. The Hall–Kier alpha value is 0.310. The molecule has 1 atom stereocenters. The highest BCUT2D eigenvalue weighted by Crippen LogP contribution is 2.29. The van der Waals surface area contributed by atoms with Gasteiger partial charge in [0.15, 0.2) is 0 Å². The van der Waals surface area contributed by atoms with E-state index in [2.05, 4.69) is 44.8 Å². The molecule has 1 aliphatic rings. The van der Waals surface area contributed by atoms with E-state index in [1.807, 2.05) is 0 Å². The number of hydrogen-bond donors (Lipinski definition) is 1. The molecule has 1 unspecified atom stereocenters. The molecule has 1 N–H and O–H groups in total. The van der Waals surface area contributed by atoms with Crippen LogP contribution in [0.2, 0.25) is 0 Å². The van der Waals surface area contributed by atoms with Crippen molar-refractivity contribution in [2.45, 2.75) is 65.0 Å². The summed E-state index contributed by atoms with van der Waals surface area (Å²) in [6.45, 7) is 9.31. The van der Waals surface area contributed by atoms with E-state index in [-0.39, 0.29) is 0 Å². The largest absolute Gasteiger partial charge is 0.308 e. The Balaban J connectivity index is 2.14. The standard InChI is InChI=1S/C13H27NS/c1-11(2)9-15-10-12(3)14-13(4)7-5-6-8-13/h11-12,14H,5-10H2,1-4H3. The lowest BCUT2D eigenvalue weighted by atomic mass is 10.00. The van der Waals surface area contributed by atoms with Gasteiger partial charge in [-0.2, -0.15) is 11.8 Å². The van der Waals surface area contributed by atoms with Crippen molar-refractivity contribution in [2.24, 2.45) is 5.92 Å². The molecule has 0 amide bonds. The molecule has 1 saturated carbocycles. The van der Waals surface area contributed by atoms with E-state index >= 15 is 0 Å². The highest BCUT2D eigenvalue weighted by Gasteiger charge is 2.29. The molecule has 90 valence electrons. The van der Waals surface area contributed by atoms with Crippen LogP contribution in [0.25, 0.3) is 0 Å². The maximum atomic E-state index is 3.81. The first-order valence-corrected chi connectivity index (χ1v) is 7.53. The van der Waals surface area contributed by atoms with E-state index in [0.29, 0.717) is 11.6 Å². The van der Waals surface area contributed by atoms with Crippen LogP contribution in [0.3, 0.4) is 0 Å².